The lowest BCUT2D eigenvalue weighted by atomic mass is 9.92. The fraction of sp³-hybridized carbons (Fsp3) is 0.200. The quantitative estimate of drug-likeness (QED) is 0.599. The molecule has 1 amide bonds. The number of alkyl carbamates (subject to hydrolysis) is 1. The lowest BCUT2D eigenvalue weighted by Gasteiger charge is -2.27. The number of benzene rings is 3. The van der Waals surface area contributed by atoms with Gasteiger partial charge in [0, 0.05) is 10.9 Å². The summed E-state index contributed by atoms with van der Waals surface area (Å²) >= 11 is 6.05. The highest BCUT2D eigenvalue weighted by Gasteiger charge is 2.47. The molecule has 2 aliphatic carbocycles. The second kappa shape index (κ2) is 7.43. The van der Waals surface area contributed by atoms with E-state index in [9.17, 15) is 14.7 Å². The largest absolute Gasteiger partial charge is 0.479 e. The zero-order valence-corrected chi connectivity index (χ0v) is 17.4. The van der Waals surface area contributed by atoms with Crippen LogP contribution in [0.5, 0.6) is 0 Å². The van der Waals surface area contributed by atoms with Crippen molar-refractivity contribution in [3.63, 3.8) is 0 Å². The average Bonchev–Trinajstić information content (AvgIpc) is 3.29. The highest BCUT2D eigenvalue weighted by Crippen LogP contribution is 2.44. The first-order valence-corrected chi connectivity index (χ1v) is 10.5. The van der Waals surface area contributed by atoms with E-state index < -0.39 is 17.6 Å². The van der Waals surface area contributed by atoms with Gasteiger partial charge in [-0.2, -0.15) is 0 Å². The molecule has 3 aromatic carbocycles. The third kappa shape index (κ3) is 3.17. The van der Waals surface area contributed by atoms with Crippen molar-refractivity contribution >= 4 is 23.7 Å². The van der Waals surface area contributed by atoms with Crippen molar-refractivity contribution in [1.29, 1.82) is 0 Å². The van der Waals surface area contributed by atoms with E-state index in [1.807, 2.05) is 36.4 Å². The molecule has 0 fully saturated rings. The smallest absolute Gasteiger partial charge is 0.408 e. The van der Waals surface area contributed by atoms with Gasteiger partial charge in [0.2, 0.25) is 0 Å². The predicted octanol–water partition coefficient (Wildman–Crippen LogP) is 5.10. The molecule has 0 heterocycles. The monoisotopic (exact) mass is 433 g/mol. The molecule has 31 heavy (non-hydrogen) atoms. The van der Waals surface area contributed by atoms with Crippen molar-refractivity contribution < 1.29 is 19.4 Å². The van der Waals surface area contributed by atoms with Crippen molar-refractivity contribution in [1.82, 2.24) is 5.32 Å². The molecule has 0 radical (unpaired) electrons. The molecule has 0 saturated heterocycles. The van der Waals surface area contributed by atoms with Crippen molar-refractivity contribution in [3.05, 3.63) is 94.0 Å². The van der Waals surface area contributed by atoms with Crippen LogP contribution in [-0.2, 0) is 21.5 Å². The average molecular weight is 434 g/mol. The maximum Gasteiger partial charge on any atom is 0.408 e. The van der Waals surface area contributed by atoms with Crippen LogP contribution in [0.25, 0.3) is 11.1 Å². The number of halogens is 1. The minimum absolute atomic E-state index is 0.0893. The number of aryl methyl sites for hydroxylation is 1. The highest BCUT2D eigenvalue weighted by molar-refractivity contribution is 6.30. The van der Waals surface area contributed by atoms with Gasteiger partial charge in [0.1, 0.15) is 6.61 Å². The summed E-state index contributed by atoms with van der Waals surface area (Å²) in [6, 6.07) is 21.2. The van der Waals surface area contributed by atoms with E-state index in [0.29, 0.717) is 17.0 Å². The maximum atomic E-state index is 12.7. The molecule has 0 spiro atoms. The van der Waals surface area contributed by atoms with Gasteiger partial charge in [-0.15, -0.1) is 0 Å². The zero-order chi connectivity index (χ0) is 21.6. The Bertz CT molecular complexity index is 1160. The molecule has 1 atom stereocenters. The summed E-state index contributed by atoms with van der Waals surface area (Å²) in [6.45, 7) is 0.128. The number of hydrogen-bond donors (Lipinski definition) is 2. The molecule has 156 valence electrons. The molecule has 2 aliphatic rings. The Morgan fingerprint density at radius 1 is 1.03 bits per heavy atom. The molecule has 2 N–H and O–H groups in total. The van der Waals surface area contributed by atoms with Gasteiger partial charge in [-0.1, -0.05) is 66.2 Å². The Labute approximate surface area is 184 Å². The number of carbonyl (C=O) groups excluding carboxylic acids is 1. The second-order valence-electron chi connectivity index (χ2n) is 7.96. The molecule has 3 aromatic rings. The standard InChI is InChI=1S/C25H20ClNO4/c26-16-9-10-22-15(13-16)11-12-25(22,23(28)29)27-24(30)31-14-21-19-7-3-1-5-17(19)18-6-2-4-8-20(18)21/h1-10,13,21H,11-12,14H2,(H,27,30)(H,28,29). The van der Waals surface area contributed by atoms with Gasteiger partial charge in [-0.05, 0) is 58.4 Å². The van der Waals surface area contributed by atoms with Gasteiger partial charge >= 0.3 is 12.1 Å². The molecule has 6 heteroatoms. The molecule has 5 rings (SSSR count). The predicted molar refractivity (Wildman–Crippen MR) is 117 cm³/mol. The Balaban J connectivity index is 1.37. The van der Waals surface area contributed by atoms with Crippen LogP contribution in [0, 0.1) is 0 Å². The third-order valence-electron chi connectivity index (χ3n) is 6.32. The van der Waals surface area contributed by atoms with E-state index in [4.69, 9.17) is 16.3 Å². The van der Waals surface area contributed by atoms with E-state index in [-0.39, 0.29) is 18.9 Å². The number of hydrogen-bond acceptors (Lipinski definition) is 3. The summed E-state index contributed by atoms with van der Waals surface area (Å²) in [7, 11) is 0. The lowest BCUT2D eigenvalue weighted by Crippen LogP contribution is -2.50. The van der Waals surface area contributed by atoms with Crippen molar-refractivity contribution in [2.24, 2.45) is 0 Å². The fourth-order valence-corrected chi connectivity index (χ4v) is 5.05. The first kappa shape index (κ1) is 19.6. The minimum atomic E-state index is -1.51. The third-order valence-corrected chi connectivity index (χ3v) is 6.56. The Hall–Kier alpha value is -3.31. The van der Waals surface area contributed by atoms with Crippen LogP contribution >= 0.6 is 11.6 Å². The summed E-state index contributed by atoms with van der Waals surface area (Å²) < 4.78 is 5.58. The number of rotatable bonds is 4. The molecule has 5 nitrogen and oxygen atoms in total. The van der Waals surface area contributed by atoms with Crippen molar-refractivity contribution in [2.75, 3.05) is 6.61 Å². The van der Waals surface area contributed by atoms with Crippen LogP contribution in [0.4, 0.5) is 4.79 Å². The van der Waals surface area contributed by atoms with Gasteiger partial charge < -0.3 is 15.2 Å². The minimum Gasteiger partial charge on any atom is -0.479 e. The van der Waals surface area contributed by atoms with Gasteiger partial charge in [0.15, 0.2) is 5.54 Å². The van der Waals surface area contributed by atoms with E-state index in [1.54, 1.807) is 18.2 Å². The van der Waals surface area contributed by atoms with Crippen molar-refractivity contribution in [2.45, 2.75) is 24.3 Å². The number of aliphatic carboxylic acids is 1. The van der Waals surface area contributed by atoms with E-state index in [0.717, 1.165) is 27.8 Å². The summed E-state index contributed by atoms with van der Waals surface area (Å²) in [5.41, 5.74) is 4.34. The molecule has 1 unspecified atom stereocenters. The van der Waals surface area contributed by atoms with Gasteiger partial charge in [0.05, 0.1) is 0 Å². The van der Waals surface area contributed by atoms with Gasteiger partial charge in [0.25, 0.3) is 0 Å². The normalized spacial score (nSPS) is 18.7. The molecule has 0 bridgehead atoms. The molecule has 0 saturated carbocycles. The fourth-order valence-electron chi connectivity index (χ4n) is 4.86. The number of carbonyl (C=O) groups is 2. The number of fused-ring (bicyclic) bond motifs is 4. The van der Waals surface area contributed by atoms with Crippen LogP contribution < -0.4 is 5.32 Å². The Morgan fingerprint density at radius 2 is 1.68 bits per heavy atom. The first-order valence-electron chi connectivity index (χ1n) is 10.1. The van der Waals surface area contributed by atoms with Crippen LogP contribution in [0.2, 0.25) is 5.02 Å². The zero-order valence-electron chi connectivity index (χ0n) is 16.6. The molecule has 0 aromatic heterocycles. The highest BCUT2D eigenvalue weighted by atomic mass is 35.5. The molecular formula is C25H20ClNO4. The first-order chi connectivity index (χ1) is 15.0. The van der Waals surface area contributed by atoms with E-state index in [2.05, 4.69) is 17.4 Å². The summed E-state index contributed by atoms with van der Waals surface area (Å²) in [4.78, 5) is 24.9. The van der Waals surface area contributed by atoms with Crippen LogP contribution in [0.15, 0.2) is 66.7 Å². The number of carboxylic acid groups (broad SMARTS) is 1. The topological polar surface area (TPSA) is 75.6 Å². The van der Waals surface area contributed by atoms with Gasteiger partial charge in [-0.3, -0.25) is 0 Å². The van der Waals surface area contributed by atoms with Crippen molar-refractivity contribution in [3.8, 4) is 11.1 Å². The summed E-state index contributed by atoms with van der Waals surface area (Å²) in [6.07, 6.45) is 0.0284. The number of amides is 1. The SMILES string of the molecule is O=C(NC1(C(=O)O)CCc2cc(Cl)ccc21)OCC1c2ccccc2-c2ccccc21. The van der Waals surface area contributed by atoms with E-state index in [1.165, 1.54) is 0 Å². The number of ether oxygens (including phenoxy) is 1. The van der Waals surface area contributed by atoms with Gasteiger partial charge in [-0.25, -0.2) is 9.59 Å². The summed E-state index contributed by atoms with van der Waals surface area (Å²) in [5, 5.41) is 13.1. The Morgan fingerprint density at radius 3 is 2.32 bits per heavy atom. The van der Waals surface area contributed by atoms with Crippen LogP contribution in [-0.4, -0.2) is 23.8 Å². The van der Waals surface area contributed by atoms with E-state index >= 15 is 0 Å². The number of carboxylic acids is 1. The molecule has 0 aliphatic heterocycles. The molecular weight excluding hydrogens is 414 g/mol. The second-order valence-corrected chi connectivity index (χ2v) is 8.40. The Kier molecular flexibility index (Phi) is 4.71. The van der Waals surface area contributed by atoms with Crippen LogP contribution in [0.1, 0.15) is 34.6 Å². The maximum absolute atomic E-state index is 12.7. The lowest BCUT2D eigenvalue weighted by molar-refractivity contribution is -0.145. The number of nitrogens with one attached hydrogen (secondary N) is 1. The summed E-state index contributed by atoms with van der Waals surface area (Å²) in [5.74, 6) is -1.20. The van der Waals surface area contributed by atoms with Crippen LogP contribution in [0.3, 0.4) is 0 Å².